The van der Waals surface area contributed by atoms with Crippen LogP contribution in [0.15, 0.2) is 55.1 Å². The summed E-state index contributed by atoms with van der Waals surface area (Å²) < 4.78 is 52.0. The molecule has 0 radical (unpaired) electrons. The molecule has 1 aliphatic rings. The minimum absolute atomic E-state index is 0.00491. The van der Waals surface area contributed by atoms with Crippen molar-refractivity contribution in [1.29, 1.82) is 0 Å². The van der Waals surface area contributed by atoms with Crippen LogP contribution < -0.4 is 15.3 Å². The number of carbonyl (C=O) groups is 3. The van der Waals surface area contributed by atoms with Crippen molar-refractivity contribution in [3.63, 3.8) is 0 Å². The van der Waals surface area contributed by atoms with Gasteiger partial charge in [-0.3, -0.25) is 23.5 Å². The second kappa shape index (κ2) is 15.5. The number of hydrogen-bond acceptors (Lipinski definition) is 14. The molecule has 1 unspecified atom stereocenters. The number of benzene rings is 2. The summed E-state index contributed by atoms with van der Waals surface area (Å²) in [5.74, 6) is -1.58. The van der Waals surface area contributed by atoms with Crippen molar-refractivity contribution >= 4 is 53.4 Å². The van der Waals surface area contributed by atoms with E-state index in [2.05, 4.69) is 20.0 Å². The molecule has 0 aliphatic carbocycles. The summed E-state index contributed by atoms with van der Waals surface area (Å²) in [6, 6.07) is 11.4. The molecule has 3 heterocycles. The van der Waals surface area contributed by atoms with Crippen LogP contribution in [0.5, 0.6) is 5.75 Å². The van der Waals surface area contributed by atoms with Gasteiger partial charge in [0.1, 0.15) is 29.7 Å². The normalized spacial score (nSPS) is 21.4. The molecule has 268 valence electrons. The molecule has 1 fully saturated rings. The lowest BCUT2D eigenvalue weighted by molar-refractivity contribution is -0.168. The Kier molecular flexibility index (Phi) is 11.4. The van der Waals surface area contributed by atoms with E-state index < -0.39 is 68.4 Å². The predicted octanol–water partition coefficient (Wildman–Crippen LogP) is 4.62. The molecular formula is C33H41N6O10P. The zero-order valence-electron chi connectivity index (χ0n) is 28.5. The molecule has 1 aliphatic heterocycles. The Morgan fingerprint density at radius 3 is 2.34 bits per heavy atom. The largest absolute Gasteiger partial charge is 0.462 e. The first-order chi connectivity index (χ1) is 23.8. The lowest BCUT2D eigenvalue weighted by Gasteiger charge is -2.30. The number of nitrogens with two attached hydrogens (primary N) is 1. The van der Waals surface area contributed by atoms with Gasteiger partial charge < -0.3 is 29.2 Å². The van der Waals surface area contributed by atoms with Gasteiger partial charge in [-0.2, -0.15) is 5.09 Å². The Bertz CT molecular complexity index is 1900. The highest BCUT2D eigenvalue weighted by atomic mass is 31.2. The van der Waals surface area contributed by atoms with Crippen LogP contribution in [0.1, 0.15) is 60.6 Å². The zero-order chi connectivity index (χ0) is 36.2. The van der Waals surface area contributed by atoms with Gasteiger partial charge >= 0.3 is 25.7 Å². The Hall–Kier alpha value is -4.63. The highest BCUT2D eigenvalue weighted by Crippen LogP contribution is 2.50. The summed E-state index contributed by atoms with van der Waals surface area (Å²) in [6.07, 6.45) is -3.83. The summed E-state index contributed by atoms with van der Waals surface area (Å²) in [5, 5.41) is 4.14. The van der Waals surface area contributed by atoms with Crippen molar-refractivity contribution in [3.8, 4) is 5.75 Å². The summed E-state index contributed by atoms with van der Waals surface area (Å²) in [6.45, 7) is 9.59. The Morgan fingerprint density at radius 1 is 0.960 bits per heavy atom. The maximum absolute atomic E-state index is 14.7. The second-order valence-electron chi connectivity index (χ2n) is 11.9. The number of esters is 3. The minimum Gasteiger partial charge on any atom is -0.462 e. The number of aromatic nitrogens is 4. The second-order valence-corrected chi connectivity index (χ2v) is 13.5. The summed E-state index contributed by atoms with van der Waals surface area (Å²) >= 11 is 0. The quantitative estimate of drug-likeness (QED) is 0.104. The van der Waals surface area contributed by atoms with E-state index >= 15 is 0 Å². The summed E-state index contributed by atoms with van der Waals surface area (Å²) in [5.41, 5.74) is 6.55. The predicted molar refractivity (Wildman–Crippen MR) is 181 cm³/mol. The standard InChI is InChI=1S/C33H41N6O10P/c1-7-24(40)45-28-27(47-32(29(28)46-25(41)8-2)39-17-37-26-30(34)35-16-36-31(26)39)20(6)48-50(43,38-19(5)33(42)44-18(3)4)49-23-15-11-13-21-12-9-10-14-22(21)23/h9-20,27-29,32H,7-8H2,1-6H3,(H,38,43)(H2,34,35,36)/t19-,20-,27+,28+,29+,32+,50?/m0/s1. The number of carbonyl (C=O) groups excluding carboxylic acids is 3. The molecule has 1 saturated heterocycles. The molecule has 0 saturated carbocycles. The SMILES string of the molecule is CCC(=O)O[C@H]1[C@@H](OC(=O)CC)[C@H](n2cnc3c(N)ncnc32)O[C@@H]1[C@H](C)OP(=O)(N[C@@H](C)C(=O)OC(C)C)Oc1cccc2ccccc12. The maximum Gasteiger partial charge on any atom is 0.459 e. The van der Waals surface area contributed by atoms with E-state index in [4.69, 9.17) is 33.7 Å². The lowest BCUT2D eigenvalue weighted by atomic mass is 10.1. The fourth-order valence-electron chi connectivity index (χ4n) is 5.44. The first-order valence-corrected chi connectivity index (χ1v) is 17.8. The number of anilines is 1. The third kappa shape index (κ3) is 8.05. The van der Waals surface area contributed by atoms with E-state index in [1.165, 1.54) is 31.1 Å². The molecular weight excluding hydrogens is 671 g/mol. The van der Waals surface area contributed by atoms with Gasteiger partial charge in [-0.15, -0.1) is 0 Å². The fraction of sp³-hybridized carbons (Fsp3) is 0.455. The molecule has 16 nitrogen and oxygen atoms in total. The highest BCUT2D eigenvalue weighted by molar-refractivity contribution is 7.52. The van der Waals surface area contributed by atoms with Crippen LogP contribution in [-0.2, 0) is 42.4 Å². The third-order valence-corrected chi connectivity index (χ3v) is 9.54. The van der Waals surface area contributed by atoms with E-state index in [0.29, 0.717) is 5.39 Å². The Morgan fingerprint density at radius 2 is 1.64 bits per heavy atom. The monoisotopic (exact) mass is 712 g/mol. The number of fused-ring (bicyclic) bond motifs is 2. The van der Waals surface area contributed by atoms with E-state index in [0.717, 1.165) is 5.39 Å². The van der Waals surface area contributed by atoms with Gasteiger partial charge in [0, 0.05) is 18.2 Å². The van der Waals surface area contributed by atoms with Crippen molar-refractivity contribution in [2.75, 3.05) is 5.73 Å². The van der Waals surface area contributed by atoms with E-state index in [1.54, 1.807) is 52.0 Å². The topological polar surface area (TPSA) is 205 Å². The van der Waals surface area contributed by atoms with Crippen LogP contribution in [-0.4, -0.2) is 74.0 Å². The van der Waals surface area contributed by atoms with Crippen molar-refractivity contribution < 1.29 is 46.9 Å². The van der Waals surface area contributed by atoms with Crippen LogP contribution in [0.4, 0.5) is 5.82 Å². The molecule has 7 atom stereocenters. The van der Waals surface area contributed by atoms with Crippen LogP contribution in [0, 0.1) is 0 Å². The first-order valence-electron chi connectivity index (χ1n) is 16.3. The molecule has 50 heavy (non-hydrogen) atoms. The van der Waals surface area contributed by atoms with Gasteiger partial charge in [0.05, 0.1) is 18.5 Å². The Labute approximate surface area is 288 Å². The lowest BCUT2D eigenvalue weighted by Crippen LogP contribution is -2.44. The minimum atomic E-state index is -4.49. The first kappa shape index (κ1) is 36.6. The molecule has 5 rings (SSSR count). The van der Waals surface area contributed by atoms with Crippen LogP contribution in [0.3, 0.4) is 0 Å². The average Bonchev–Trinajstić information content (AvgIpc) is 3.66. The van der Waals surface area contributed by atoms with Gasteiger partial charge in [-0.25, -0.2) is 19.5 Å². The molecule has 2 aromatic heterocycles. The van der Waals surface area contributed by atoms with E-state index in [9.17, 15) is 18.9 Å². The van der Waals surface area contributed by atoms with Gasteiger partial charge in [-0.1, -0.05) is 50.2 Å². The fourth-order valence-corrected chi connectivity index (χ4v) is 7.15. The van der Waals surface area contributed by atoms with Crippen molar-refractivity contribution in [1.82, 2.24) is 24.6 Å². The average molecular weight is 713 g/mol. The zero-order valence-corrected chi connectivity index (χ0v) is 29.4. The molecule has 0 amide bonds. The number of ether oxygens (including phenoxy) is 4. The third-order valence-electron chi connectivity index (χ3n) is 7.79. The van der Waals surface area contributed by atoms with Crippen molar-refractivity contribution in [2.24, 2.45) is 0 Å². The van der Waals surface area contributed by atoms with Crippen LogP contribution in [0.25, 0.3) is 21.9 Å². The van der Waals surface area contributed by atoms with Gasteiger partial charge in [-0.05, 0) is 39.1 Å². The molecule has 0 bridgehead atoms. The van der Waals surface area contributed by atoms with Crippen molar-refractivity contribution in [3.05, 3.63) is 55.1 Å². The van der Waals surface area contributed by atoms with Crippen molar-refractivity contribution in [2.45, 2.75) is 97.2 Å². The highest BCUT2D eigenvalue weighted by Gasteiger charge is 2.54. The molecule has 2 aromatic carbocycles. The number of nitrogens with one attached hydrogen (secondary N) is 1. The molecule has 4 aromatic rings. The van der Waals surface area contributed by atoms with Crippen LogP contribution in [0.2, 0.25) is 0 Å². The molecule has 17 heteroatoms. The number of imidazole rings is 1. The number of hydrogen-bond donors (Lipinski definition) is 2. The molecule has 3 N–H and O–H groups in total. The van der Waals surface area contributed by atoms with Gasteiger partial charge in [0.25, 0.3) is 0 Å². The number of nitrogens with zero attached hydrogens (tertiary/aromatic N) is 4. The van der Waals surface area contributed by atoms with E-state index in [-0.39, 0.29) is 35.6 Å². The number of rotatable bonds is 14. The van der Waals surface area contributed by atoms with Crippen LogP contribution >= 0.6 is 7.75 Å². The van der Waals surface area contributed by atoms with Gasteiger partial charge in [0.15, 0.2) is 29.9 Å². The number of nitrogen functional groups attached to an aromatic ring is 1. The molecule has 0 spiro atoms. The smallest absolute Gasteiger partial charge is 0.459 e. The summed E-state index contributed by atoms with van der Waals surface area (Å²) in [4.78, 5) is 50.9. The summed E-state index contributed by atoms with van der Waals surface area (Å²) in [7, 11) is -4.49. The van der Waals surface area contributed by atoms with Gasteiger partial charge in [0.2, 0.25) is 0 Å². The Balaban J connectivity index is 1.54. The van der Waals surface area contributed by atoms with E-state index in [1.807, 2.05) is 18.2 Å². The maximum atomic E-state index is 14.7.